The highest BCUT2D eigenvalue weighted by Crippen LogP contribution is 2.33. The minimum absolute atomic E-state index is 0.393. The van der Waals surface area contributed by atoms with Gasteiger partial charge < -0.3 is 10.3 Å². The number of carbonyl (C=O) groups is 1. The van der Waals surface area contributed by atoms with Gasteiger partial charge in [-0.3, -0.25) is 4.79 Å². The predicted octanol–water partition coefficient (Wildman–Crippen LogP) is 5.40. The molecule has 2 N–H and O–H groups in total. The summed E-state index contributed by atoms with van der Waals surface area (Å²) >= 11 is 0. The van der Waals surface area contributed by atoms with Crippen molar-refractivity contribution in [2.45, 2.75) is 13.5 Å². The van der Waals surface area contributed by atoms with Crippen molar-refractivity contribution in [3.63, 3.8) is 0 Å². The number of primary amides is 1. The van der Waals surface area contributed by atoms with Crippen LogP contribution in [0.3, 0.4) is 0 Å². The van der Waals surface area contributed by atoms with Crippen molar-refractivity contribution in [1.29, 1.82) is 0 Å². The topological polar surface area (TPSA) is 48.0 Å². The highest BCUT2D eigenvalue weighted by Gasteiger charge is 2.17. The molecule has 0 aliphatic heterocycles. The number of fused-ring (bicyclic) bond motifs is 4. The largest absolute Gasteiger partial charge is 0.366 e. The van der Waals surface area contributed by atoms with Crippen molar-refractivity contribution in [2.24, 2.45) is 5.73 Å². The van der Waals surface area contributed by atoms with E-state index in [1.165, 1.54) is 21.9 Å². The Hall–Kier alpha value is -3.59. The van der Waals surface area contributed by atoms with Gasteiger partial charge in [-0.15, -0.1) is 0 Å². The summed E-state index contributed by atoms with van der Waals surface area (Å²) in [7, 11) is 0. The lowest BCUT2D eigenvalue weighted by atomic mass is 10.0. The molecule has 28 heavy (non-hydrogen) atoms. The Balaban J connectivity index is 1.84. The molecule has 0 aliphatic carbocycles. The summed E-state index contributed by atoms with van der Waals surface area (Å²) in [6.45, 7) is 2.82. The van der Waals surface area contributed by atoms with E-state index in [9.17, 15) is 4.79 Å². The van der Waals surface area contributed by atoms with Crippen LogP contribution < -0.4 is 5.73 Å². The number of nitrogens with two attached hydrogens (primary N) is 1. The fourth-order valence-corrected chi connectivity index (χ4v) is 4.23. The second kappa shape index (κ2) is 6.24. The molecular weight excluding hydrogens is 344 g/mol. The van der Waals surface area contributed by atoms with E-state index < -0.39 is 5.91 Å². The Morgan fingerprint density at radius 1 is 0.857 bits per heavy atom. The minimum Gasteiger partial charge on any atom is -0.366 e. The normalized spacial score (nSPS) is 11.5. The number of nitrogens with zero attached hydrogens (tertiary/aromatic N) is 1. The van der Waals surface area contributed by atoms with Gasteiger partial charge in [-0.1, -0.05) is 60.7 Å². The number of aromatic nitrogens is 1. The summed E-state index contributed by atoms with van der Waals surface area (Å²) in [6, 6.07) is 27.0. The van der Waals surface area contributed by atoms with E-state index in [0.717, 1.165) is 28.4 Å². The van der Waals surface area contributed by atoms with Crippen LogP contribution in [0.2, 0.25) is 0 Å². The van der Waals surface area contributed by atoms with Gasteiger partial charge >= 0.3 is 0 Å². The van der Waals surface area contributed by atoms with E-state index >= 15 is 0 Å². The molecule has 0 aliphatic rings. The number of hydrogen-bond acceptors (Lipinski definition) is 1. The van der Waals surface area contributed by atoms with Gasteiger partial charge in [0.05, 0.1) is 5.52 Å². The molecule has 3 nitrogen and oxygen atoms in total. The predicted molar refractivity (Wildman–Crippen MR) is 116 cm³/mol. The van der Waals surface area contributed by atoms with E-state index in [2.05, 4.69) is 78.2 Å². The summed E-state index contributed by atoms with van der Waals surface area (Å²) < 4.78 is 2.30. The van der Waals surface area contributed by atoms with E-state index in [1.54, 1.807) is 0 Å². The molecule has 0 radical (unpaired) electrons. The molecule has 136 valence electrons. The number of amides is 1. The van der Waals surface area contributed by atoms with Crippen LogP contribution in [0, 0.1) is 6.92 Å². The smallest absolute Gasteiger partial charge is 0.249 e. The molecule has 5 rings (SSSR count). The molecule has 5 aromatic rings. The van der Waals surface area contributed by atoms with Gasteiger partial charge in [-0.25, -0.2) is 0 Å². The number of benzene rings is 4. The van der Waals surface area contributed by atoms with Crippen molar-refractivity contribution in [3.8, 4) is 0 Å². The SMILES string of the molecule is Cc1ccc2c3c(C(N)=O)cccc3n(Cc3cccc4ccccc34)c2c1. The molecular formula is C25H20N2O. The van der Waals surface area contributed by atoms with Gasteiger partial charge in [0.1, 0.15) is 0 Å². The van der Waals surface area contributed by atoms with Gasteiger partial charge in [0, 0.05) is 28.4 Å². The summed E-state index contributed by atoms with van der Waals surface area (Å²) in [5, 5.41) is 4.48. The van der Waals surface area contributed by atoms with E-state index in [0.29, 0.717) is 5.56 Å². The standard InChI is InChI=1S/C25H20N2O/c1-16-12-13-20-23(14-16)27(22-11-5-10-21(24(20)22)25(26)28)15-18-8-4-7-17-6-2-3-9-19(17)18/h2-14H,15H2,1H3,(H2,26,28). The molecule has 0 spiro atoms. The van der Waals surface area contributed by atoms with Crippen molar-refractivity contribution < 1.29 is 4.79 Å². The molecule has 0 bridgehead atoms. The van der Waals surface area contributed by atoms with Crippen LogP contribution in [0.5, 0.6) is 0 Å². The molecule has 3 heteroatoms. The van der Waals surface area contributed by atoms with Crippen molar-refractivity contribution >= 4 is 38.5 Å². The quantitative estimate of drug-likeness (QED) is 0.457. The van der Waals surface area contributed by atoms with Crippen LogP contribution in [0.1, 0.15) is 21.5 Å². The average Bonchev–Trinajstić information content (AvgIpc) is 3.01. The maximum atomic E-state index is 12.1. The summed E-state index contributed by atoms with van der Waals surface area (Å²) in [4.78, 5) is 12.1. The maximum absolute atomic E-state index is 12.1. The van der Waals surface area contributed by atoms with Crippen LogP contribution in [0.15, 0.2) is 78.9 Å². The Labute approximate surface area is 163 Å². The second-order valence-corrected chi connectivity index (χ2v) is 7.31. The zero-order chi connectivity index (χ0) is 19.3. The first-order chi connectivity index (χ1) is 13.6. The van der Waals surface area contributed by atoms with Crippen LogP contribution in [0.4, 0.5) is 0 Å². The highest BCUT2D eigenvalue weighted by atomic mass is 16.1. The number of aryl methyl sites for hydroxylation is 1. The third-order valence-corrected chi connectivity index (χ3v) is 5.52. The summed E-state index contributed by atoms with van der Waals surface area (Å²) in [5.41, 5.74) is 10.9. The van der Waals surface area contributed by atoms with Crippen LogP contribution in [-0.4, -0.2) is 10.5 Å². The van der Waals surface area contributed by atoms with Gasteiger partial charge in [-0.2, -0.15) is 0 Å². The summed E-state index contributed by atoms with van der Waals surface area (Å²) in [6.07, 6.45) is 0. The zero-order valence-electron chi connectivity index (χ0n) is 15.6. The maximum Gasteiger partial charge on any atom is 0.249 e. The molecule has 0 fully saturated rings. The molecule has 0 atom stereocenters. The Bertz CT molecular complexity index is 1370. The van der Waals surface area contributed by atoms with Crippen LogP contribution in [-0.2, 0) is 6.54 Å². The van der Waals surface area contributed by atoms with Gasteiger partial charge in [-0.05, 0) is 47.0 Å². The minimum atomic E-state index is -0.393. The Morgan fingerprint density at radius 3 is 2.50 bits per heavy atom. The van der Waals surface area contributed by atoms with Crippen molar-refractivity contribution in [1.82, 2.24) is 4.57 Å². The molecule has 1 heterocycles. The lowest BCUT2D eigenvalue weighted by Gasteiger charge is -2.11. The fourth-order valence-electron chi connectivity index (χ4n) is 4.23. The molecule has 1 aromatic heterocycles. The second-order valence-electron chi connectivity index (χ2n) is 7.31. The van der Waals surface area contributed by atoms with Crippen molar-refractivity contribution in [3.05, 3.63) is 95.6 Å². The lowest BCUT2D eigenvalue weighted by molar-refractivity contribution is 0.100. The summed E-state index contributed by atoms with van der Waals surface area (Å²) in [5.74, 6) is -0.393. The fraction of sp³-hybridized carbons (Fsp3) is 0.0800. The third-order valence-electron chi connectivity index (χ3n) is 5.52. The van der Waals surface area contributed by atoms with Gasteiger partial charge in [0.2, 0.25) is 5.91 Å². The van der Waals surface area contributed by atoms with Gasteiger partial charge in [0.15, 0.2) is 0 Å². The van der Waals surface area contributed by atoms with E-state index in [1.807, 2.05) is 12.1 Å². The molecule has 1 amide bonds. The lowest BCUT2D eigenvalue weighted by Crippen LogP contribution is -2.11. The first kappa shape index (κ1) is 16.6. The Kier molecular flexibility index (Phi) is 3.69. The van der Waals surface area contributed by atoms with Crippen molar-refractivity contribution in [2.75, 3.05) is 0 Å². The molecule has 0 unspecified atom stereocenters. The number of carbonyl (C=O) groups excluding carboxylic acids is 1. The van der Waals surface area contributed by atoms with Crippen LogP contribution in [0.25, 0.3) is 32.6 Å². The molecule has 0 saturated carbocycles. The van der Waals surface area contributed by atoms with E-state index in [4.69, 9.17) is 5.73 Å². The first-order valence-corrected chi connectivity index (χ1v) is 9.41. The average molecular weight is 364 g/mol. The zero-order valence-corrected chi connectivity index (χ0v) is 15.6. The van der Waals surface area contributed by atoms with Crippen LogP contribution >= 0.6 is 0 Å². The highest BCUT2D eigenvalue weighted by molar-refractivity contribution is 6.18. The third kappa shape index (κ3) is 2.48. The number of rotatable bonds is 3. The first-order valence-electron chi connectivity index (χ1n) is 9.41. The number of hydrogen-bond donors (Lipinski definition) is 1. The molecule has 0 saturated heterocycles. The van der Waals surface area contributed by atoms with Gasteiger partial charge in [0.25, 0.3) is 0 Å². The molecule has 4 aromatic carbocycles. The van der Waals surface area contributed by atoms with E-state index in [-0.39, 0.29) is 0 Å². The Morgan fingerprint density at radius 2 is 1.64 bits per heavy atom. The monoisotopic (exact) mass is 364 g/mol.